The van der Waals surface area contributed by atoms with Gasteiger partial charge in [-0.05, 0) is 62.4 Å². The molecule has 276 valence electrons. The fraction of sp³-hybridized carbons (Fsp3) is 0.410. The Hall–Kier alpha value is -4.41. The summed E-state index contributed by atoms with van der Waals surface area (Å²) >= 11 is 1.89. The quantitative estimate of drug-likeness (QED) is 0.0545. The van der Waals surface area contributed by atoms with Gasteiger partial charge in [-0.1, -0.05) is 73.5 Å². The van der Waals surface area contributed by atoms with E-state index in [1.165, 1.54) is 7.11 Å². The minimum Gasteiger partial charge on any atom is -0.465 e. The second kappa shape index (κ2) is 20.0. The Labute approximate surface area is 310 Å². The summed E-state index contributed by atoms with van der Waals surface area (Å²) in [6.07, 6.45) is 5.99. The van der Waals surface area contributed by atoms with Crippen LogP contribution in [0.2, 0.25) is 0 Å². The van der Waals surface area contributed by atoms with Gasteiger partial charge in [0.1, 0.15) is 0 Å². The number of nitrogens with one attached hydrogen (secondary N) is 5. The van der Waals surface area contributed by atoms with Crippen molar-refractivity contribution in [3.8, 4) is 0 Å². The summed E-state index contributed by atoms with van der Waals surface area (Å²) in [5.41, 5.74) is 0.829. The Bertz CT molecular complexity index is 1640. The highest BCUT2D eigenvalue weighted by atomic mass is 32.2. The van der Waals surface area contributed by atoms with E-state index in [0.29, 0.717) is 48.7 Å². The molecule has 3 aromatic rings. The smallest absolute Gasteiger partial charge is 0.338 e. The number of amides is 5. The lowest BCUT2D eigenvalue weighted by atomic mass is 10.0. The summed E-state index contributed by atoms with van der Waals surface area (Å²) in [6, 6.07) is 25.2. The van der Waals surface area contributed by atoms with Crippen LogP contribution in [0.15, 0.2) is 78.9 Å². The molecule has 3 aromatic carbocycles. The van der Waals surface area contributed by atoms with E-state index in [1.54, 1.807) is 18.2 Å². The van der Waals surface area contributed by atoms with Gasteiger partial charge in [0.2, 0.25) is 11.8 Å². The first kappa shape index (κ1) is 38.8. The van der Waals surface area contributed by atoms with Gasteiger partial charge in [-0.25, -0.2) is 9.59 Å². The third kappa shape index (κ3) is 11.0. The zero-order chi connectivity index (χ0) is 36.7. The minimum absolute atomic E-state index is 0.0522. The van der Waals surface area contributed by atoms with Crippen LogP contribution >= 0.6 is 19.7 Å². The number of hydrogen-bond acceptors (Lipinski definition) is 7. The molecule has 11 nitrogen and oxygen atoms in total. The topological polar surface area (TPSA) is 155 Å². The standard InChI is InChI=1S/C39H48N5O6PS/c1-50-38(48)30-21-20-27(25-32(30)51(28-13-5-2-6-14-28)29-15-7-3-8-16-29)37(47)42-24-23-41-35(46)18-9-4-12-22-40-34(45)19-11-10-17-33-36-31(26-52-33)43-39(49)44-36/h2-3,5-8,13-16,20-21,25,31,33,36H,4,9-12,17-19,22-24,26H2,1H3,(H,40,45)(H,41,46)(H,42,47)(H2,43,44,49)/t31?,33-,36?/m1/s1. The number of benzene rings is 3. The van der Waals surface area contributed by atoms with Gasteiger partial charge in [0.15, 0.2) is 0 Å². The van der Waals surface area contributed by atoms with Crippen molar-refractivity contribution < 1.29 is 28.7 Å². The van der Waals surface area contributed by atoms with Crippen LogP contribution in [-0.4, -0.2) is 79.6 Å². The molecule has 2 unspecified atom stereocenters. The number of thioether (sulfide) groups is 1. The number of carbonyl (C=O) groups is 5. The van der Waals surface area contributed by atoms with Crippen LogP contribution in [0.4, 0.5) is 4.79 Å². The van der Waals surface area contributed by atoms with Gasteiger partial charge in [-0.2, -0.15) is 11.8 Å². The molecular formula is C39H48N5O6PS. The molecule has 2 saturated heterocycles. The first-order valence-electron chi connectivity index (χ1n) is 18.0. The number of methoxy groups -OCH3 is 1. The molecule has 2 aliphatic heterocycles. The van der Waals surface area contributed by atoms with E-state index in [9.17, 15) is 24.0 Å². The summed E-state index contributed by atoms with van der Waals surface area (Å²) < 4.78 is 5.10. The maximum absolute atomic E-state index is 13.2. The fourth-order valence-electron chi connectivity index (χ4n) is 6.47. The van der Waals surface area contributed by atoms with E-state index in [1.807, 2.05) is 72.4 Å². The van der Waals surface area contributed by atoms with Crippen molar-refractivity contribution in [3.63, 3.8) is 0 Å². The molecule has 2 aliphatic rings. The Morgan fingerprint density at radius 1 is 0.769 bits per heavy atom. The van der Waals surface area contributed by atoms with Gasteiger partial charge in [0.25, 0.3) is 5.91 Å². The lowest BCUT2D eigenvalue weighted by molar-refractivity contribution is -0.122. The lowest BCUT2D eigenvalue weighted by Crippen LogP contribution is -2.36. The average Bonchev–Trinajstić information content (AvgIpc) is 3.72. The molecule has 2 fully saturated rings. The fourth-order valence-corrected chi connectivity index (χ4v) is 10.5. The summed E-state index contributed by atoms with van der Waals surface area (Å²) in [7, 11) is 0.186. The molecule has 3 atom stereocenters. The van der Waals surface area contributed by atoms with Gasteiger partial charge in [-0.15, -0.1) is 0 Å². The van der Waals surface area contributed by atoms with Crippen LogP contribution in [0.1, 0.15) is 72.1 Å². The van der Waals surface area contributed by atoms with Crippen LogP contribution in [0, 0.1) is 0 Å². The number of rotatable bonds is 19. The third-order valence-corrected chi connectivity index (χ3v) is 13.1. The highest BCUT2D eigenvalue weighted by Gasteiger charge is 2.42. The van der Waals surface area contributed by atoms with E-state index in [0.717, 1.165) is 53.8 Å². The Kier molecular flexibility index (Phi) is 14.9. The normalized spacial score (nSPS) is 17.5. The first-order valence-corrected chi connectivity index (χ1v) is 20.4. The van der Waals surface area contributed by atoms with Gasteiger partial charge < -0.3 is 31.3 Å². The third-order valence-electron chi connectivity index (χ3n) is 9.15. The van der Waals surface area contributed by atoms with Crippen LogP contribution < -0.4 is 42.5 Å². The average molecular weight is 746 g/mol. The second-order valence-corrected chi connectivity index (χ2v) is 16.3. The molecule has 5 rings (SSSR count). The highest BCUT2D eigenvalue weighted by Crippen LogP contribution is 2.35. The zero-order valence-corrected chi connectivity index (χ0v) is 31.2. The van der Waals surface area contributed by atoms with Crippen molar-refractivity contribution >= 4 is 65.3 Å². The second-order valence-electron chi connectivity index (χ2n) is 12.9. The molecule has 5 amide bonds. The zero-order valence-electron chi connectivity index (χ0n) is 29.5. The molecule has 0 aromatic heterocycles. The predicted molar refractivity (Wildman–Crippen MR) is 207 cm³/mol. The summed E-state index contributed by atoms with van der Waals surface area (Å²) in [5.74, 6) is 0.149. The van der Waals surface area contributed by atoms with E-state index >= 15 is 0 Å². The number of esters is 1. The molecule has 0 saturated carbocycles. The Morgan fingerprint density at radius 3 is 2.08 bits per heavy atom. The summed E-state index contributed by atoms with van der Waals surface area (Å²) in [4.78, 5) is 62.2. The van der Waals surface area contributed by atoms with E-state index in [4.69, 9.17) is 4.74 Å². The van der Waals surface area contributed by atoms with Crippen molar-refractivity contribution in [2.45, 2.75) is 68.7 Å². The predicted octanol–water partition coefficient (Wildman–Crippen LogP) is 3.48. The number of fused-ring (bicyclic) bond motifs is 1. The van der Waals surface area contributed by atoms with Crippen LogP contribution in [-0.2, 0) is 14.3 Å². The van der Waals surface area contributed by atoms with Gasteiger partial charge in [-0.3, -0.25) is 14.4 Å². The van der Waals surface area contributed by atoms with Crippen molar-refractivity contribution in [3.05, 3.63) is 90.0 Å². The number of ether oxygens (including phenoxy) is 1. The van der Waals surface area contributed by atoms with Crippen LogP contribution in [0.5, 0.6) is 0 Å². The summed E-state index contributed by atoms with van der Waals surface area (Å²) in [5, 5.41) is 17.9. The van der Waals surface area contributed by atoms with E-state index < -0.39 is 13.9 Å². The molecule has 0 bridgehead atoms. The molecule has 52 heavy (non-hydrogen) atoms. The monoisotopic (exact) mass is 745 g/mol. The van der Waals surface area contributed by atoms with Crippen molar-refractivity contribution in [1.29, 1.82) is 0 Å². The number of urea groups is 1. The highest BCUT2D eigenvalue weighted by molar-refractivity contribution is 8.00. The van der Waals surface area contributed by atoms with Crippen molar-refractivity contribution in [1.82, 2.24) is 26.6 Å². The van der Waals surface area contributed by atoms with Crippen LogP contribution in [0.25, 0.3) is 0 Å². The Morgan fingerprint density at radius 2 is 1.40 bits per heavy atom. The largest absolute Gasteiger partial charge is 0.465 e. The van der Waals surface area contributed by atoms with Crippen molar-refractivity contribution in [2.24, 2.45) is 0 Å². The van der Waals surface area contributed by atoms with E-state index in [2.05, 4.69) is 26.6 Å². The number of unbranched alkanes of at least 4 members (excludes halogenated alkanes) is 3. The van der Waals surface area contributed by atoms with Gasteiger partial charge in [0.05, 0.1) is 24.8 Å². The molecule has 0 spiro atoms. The number of hydrogen-bond donors (Lipinski definition) is 5. The first-order chi connectivity index (χ1) is 25.3. The number of carbonyl (C=O) groups excluding carboxylic acids is 5. The molecule has 13 heteroatoms. The maximum Gasteiger partial charge on any atom is 0.338 e. The van der Waals surface area contributed by atoms with Crippen LogP contribution in [0.3, 0.4) is 0 Å². The molecule has 2 heterocycles. The minimum atomic E-state index is -1.16. The lowest BCUT2D eigenvalue weighted by Gasteiger charge is -2.22. The SMILES string of the molecule is COC(=O)c1ccc(C(=O)NCCNC(=O)CCCCCNC(=O)CCCC[C@H]2SCC3NC(=O)NC32)cc1P(c1ccccc1)c1ccccc1. The summed E-state index contributed by atoms with van der Waals surface area (Å²) in [6.45, 7) is 1.14. The molecular weight excluding hydrogens is 697 g/mol. The molecule has 5 N–H and O–H groups in total. The molecule has 0 aliphatic carbocycles. The van der Waals surface area contributed by atoms with E-state index in [-0.39, 0.29) is 42.4 Å². The Balaban J connectivity index is 0.978. The van der Waals surface area contributed by atoms with Crippen molar-refractivity contribution in [2.75, 3.05) is 32.5 Å². The maximum atomic E-state index is 13.2. The van der Waals surface area contributed by atoms with Gasteiger partial charge >= 0.3 is 12.0 Å². The van der Waals surface area contributed by atoms with Gasteiger partial charge in [0, 0.05) is 54.3 Å². The molecule has 0 radical (unpaired) electrons.